The molecule has 2 nitrogen and oxygen atoms in total. The maximum Gasteiger partial charge on any atom is 0.0817 e. The average molecular weight is 305 g/mol. The van der Waals surface area contributed by atoms with Crippen molar-refractivity contribution in [3.63, 3.8) is 0 Å². The number of hydrogen-bond donors (Lipinski definition) is 1. The molecule has 3 heteroatoms. The van der Waals surface area contributed by atoms with Crippen LogP contribution in [0, 0.1) is 23.2 Å². The number of thiophene rings is 1. The van der Waals surface area contributed by atoms with E-state index in [1.807, 2.05) is 11.3 Å². The Morgan fingerprint density at radius 1 is 1.48 bits per heavy atom. The molecule has 0 amide bonds. The molecule has 21 heavy (non-hydrogen) atoms. The summed E-state index contributed by atoms with van der Waals surface area (Å²) in [5.41, 5.74) is 0.677. The van der Waals surface area contributed by atoms with Crippen molar-refractivity contribution in [2.24, 2.45) is 23.2 Å². The number of fused-ring (bicyclic) bond motifs is 3. The highest BCUT2D eigenvalue weighted by atomic mass is 32.1. The van der Waals surface area contributed by atoms with Crippen LogP contribution in [0.1, 0.15) is 44.4 Å². The molecule has 3 unspecified atom stereocenters. The minimum atomic E-state index is 0.0996. The SMILES string of the molecule is CCC1C[C@@H]2[C@H](C1(C)OCc1cccs1)C21CCCNC1. The lowest BCUT2D eigenvalue weighted by Crippen LogP contribution is -2.44. The van der Waals surface area contributed by atoms with Crippen molar-refractivity contribution in [2.45, 2.75) is 51.7 Å². The van der Waals surface area contributed by atoms with Gasteiger partial charge in [-0.15, -0.1) is 11.3 Å². The van der Waals surface area contributed by atoms with Gasteiger partial charge in [0.1, 0.15) is 0 Å². The largest absolute Gasteiger partial charge is 0.369 e. The Kier molecular flexibility index (Phi) is 3.44. The standard InChI is InChI=1S/C18H27NOS/c1-3-13-10-15-16(18(15)7-5-8-19-12-18)17(13,2)20-11-14-6-4-9-21-14/h4,6,9,13,15-16,19H,3,5,7-8,10-12H2,1-2H3/t13?,15-,16-,17?,18?/m1/s1. The van der Waals surface area contributed by atoms with Crippen LogP contribution >= 0.6 is 11.3 Å². The molecule has 2 saturated carbocycles. The van der Waals surface area contributed by atoms with Crippen molar-refractivity contribution in [3.05, 3.63) is 22.4 Å². The highest BCUT2D eigenvalue weighted by Gasteiger charge is 2.75. The first kappa shape index (κ1) is 14.2. The van der Waals surface area contributed by atoms with E-state index < -0.39 is 0 Å². The van der Waals surface area contributed by atoms with Gasteiger partial charge in [-0.3, -0.25) is 0 Å². The van der Waals surface area contributed by atoms with E-state index in [1.54, 1.807) is 0 Å². The quantitative estimate of drug-likeness (QED) is 0.905. The highest BCUT2D eigenvalue weighted by molar-refractivity contribution is 7.09. The van der Waals surface area contributed by atoms with E-state index in [9.17, 15) is 0 Å². The van der Waals surface area contributed by atoms with E-state index in [-0.39, 0.29) is 5.60 Å². The molecular weight excluding hydrogens is 278 g/mol. The van der Waals surface area contributed by atoms with Gasteiger partial charge in [-0.1, -0.05) is 19.4 Å². The summed E-state index contributed by atoms with van der Waals surface area (Å²) in [7, 11) is 0. The lowest BCUT2D eigenvalue weighted by Gasteiger charge is -2.40. The van der Waals surface area contributed by atoms with Crippen molar-refractivity contribution in [1.82, 2.24) is 5.32 Å². The summed E-state index contributed by atoms with van der Waals surface area (Å²) in [4.78, 5) is 1.37. The Balaban J connectivity index is 1.52. The molecule has 3 aliphatic rings. The molecule has 1 aliphatic heterocycles. The zero-order chi connectivity index (χ0) is 14.5. The van der Waals surface area contributed by atoms with E-state index in [1.165, 1.54) is 43.6 Å². The van der Waals surface area contributed by atoms with Gasteiger partial charge >= 0.3 is 0 Å². The fraction of sp³-hybridized carbons (Fsp3) is 0.778. The van der Waals surface area contributed by atoms with Crippen molar-refractivity contribution in [3.8, 4) is 0 Å². The molecule has 4 rings (SSSR count). The summed E-state index contributed by atoms with van der Waals surface area (Å²) in [6.07, 6.45) is 5.43. The second kappa shape index (κ2) is 5.07. The monoisotopic (exact) mass is 305 g/mol. The third kappa shape index (κ3) is 2.04. The summed E-state index contributed by atoms with van der Waals surface area (Å²) in [5.74, 6) is 2.46. The number of ether oxygens (including phenoxy) is 1. The van der Waals surface area contributed by atoms with Gasteiger partial charge in [0.2, 0.25) is 0 Å². The summed E-state index contributed by atoms with van der Waals surface area (Å²) in [5, 5.41) is 5.81. The van der Waals surface area contributed by atoms with Gasteiger partial charge in [0.05, 0.1) is 12.2 Å². The minimum Gasteiger partial charge on any atom is -0.369 e. The van der Waals surface area contributed by atoms with Gasteiger partial charge in [0.15, 0.2) is 0 Å². The van der Waals surface area contributed by atoms with Gasteiger partial charge < -0.3 is 10.1 Å². The van der Waals surface area contributed by atoms with Crippen molar-refractivity contribution in [1.29, 1.82) is 0 Å². The third-order valence-corrected chi connectivity index (χ3v) is 7.52. The molecule has 1 N–H and O–H groups in total. The smallest absolute Gasteiger partial charge is 0.0817 e. The van der Waals surface area contributed by atoms with Gasteiger partial charge in [-0.05, 0) is 67.3 Å². The van der Waals surface area contributed by atoms with Crippen molar-refractivity contribution < 1.29 is 4.74 Å². The normalized spacial score (nSPS) is 45.0. The average Bonchev–Trinajstić information content (AvgIpc) is 2.89. The van der Waals surface area contributed by atoms with Gasteiger partial charge in [0.25, 0.3) is 0 Å². The van der Waals surface area contributed by atoms with E-state index >= 15 is 0 Å². The van der Waals surface area contributed by atoms with Crippen LogP contribution in [0.3, 0.4) is 0 Å². The van der Waals surface area contributed by atoms with Crippen LogP contribution in [0.25, 0.3) is 0 Å². The highest BCUT2D eigenvalue weighted by Crippen LogP contribution is 2.75. The lowest BCUT2D eigenvalue weighted by atomic mass is 9.76. The molecule has 0 bridgehead atoms. The van der Waals surface area contributed by atoms with Crippen LogP contribution in [0.5, 0.6) is 0 Å². The molecule has 3 fully saturated rings. The summed E-state index contributed by atoms with van der Waals surface area (Å²) in [6.45, 7) is 8.01. The van der Waals surface area contributed by atoms with Gasteiger partial charge in [0, 0.05) is 11.4 Å². The number of nitrogens with one attached hydrogen (secondary N) is 1. The zero-order valence-electron chi connectivity index (χ0n) is 13.2. The van der Waals surface area contributed by atoms with Crippen LogP contribution in [-0.2, 0) is 11.3 Å². The first-order valence-electron chi connectivity index (χ1n) is 8.58. The van der Waals surface area contributed by atoms with Crippen molar-refractivity contribution >= 4 is 11.3 Å². The Hall–Kier alpha value is -0.380. The molecule has 1 aromatic heterocycles. The fourth-order valence-corrected chi connectivity index (χ4v) is 6.26. The van der Waals surface area contributed by atoms with Crippen molar-refractivity contribution in [2.75, 3.05) is 13.1 Å². The number of hydrogen-bond acceptors (Lipinski definition) is 3. The number of piperidine rings is 1. The second-order valence-electron chi connectivity index (χ2n) is 7.49. The molecule has 1 aromatic rings. The Morgan fingerprint density at radius 2 is 2.38 bits per heavy atom. The maximum absolute atomic E-state index is 6.60. The van der Waals surface area contributed by atoms with E-state index in [0.29, 0.717) is 5.41 Å². The fourth-order valence-electron chi connectivity index (χ4n) is 5.65. The predicted octanol–water partition coefficient (Wildman–Crippen LogP) is 4.07. The molecule has 0 aromatic carbocycles. The molecule has 0 radical (unpaired) electrons. The Morgan fingerprint density at radius 3 is 3.05 bits per heavy atom. The second-order valence-corrected chi connectivity index (χ2v) is 8.52. The summed E-state index contributed by atoms with van der Waals surface area (Å²) >= 11 is 1.82. The van der Waals surface area contributed by atoms with Crippen LogP contribution in [0.2, 0.25) is 0 Å². The molecule has 2 aliphatic carbocycles. The van der Waals surface area contributed by atoms with Crippen LogP contribution in [0.15, 0.2) is 17.5 Å². The molecule has 1 saturated heterocycles. The Labute approximate surface area is 132 Å². The van der Waals surface area contributed by atoms with Gasteiger partial charge in [-0.25, -0.2) is 0 Å². The predicted molar refractivity (Wildman–Crippen MR) is 87.4 cm³/mol. The number of rotatable bonds is 4. The third-order valence-electron chi connectivity index (χ3n) is 6.67. The van der Waals surface area contributed by atoms with Crippen LogP contribution < -0.4 is 5.32 Å². The Bertz CT molecular complexity index is 493. The molecule has 1 spiro atoms. The summed E-state index contributed by atoms with van der Waals surface area (Å²) in [6, 6.07) is 4.33. The van der Waals surface area contributed by atoms with E-state index in [4.69, 9.17) is 4.74 Å². The van der Waals surface area contributed by atoms with Crippen LogP contribution in [-0.4, -0.2) is 18.7 Å². The van der Waals surface area contributed by atoms with Crippen LogP contribution in [0.4, 0.5) is 0 Å². The van der Waals surface area contributed by atoms with Gasteiger partial charge in [-0.2, -0.15) is 0 Å². The minimum absolute atomic E-state index is 0.0996. The topological polar surface area (TPSA) is 21.3 Å². The molecule has 2 heterocycles. The molecular formula is C18H27NOS. The maximum atomic E-state index is 6.60. The van der Waals surface area contributed by atoms with E-state index in [2.05, 4.69) is 36.7 Å². The molecule has 5 atom stereocenters. The van der Waals surface area contributed by atoms with E-state index in [0.717, 1.165) is 24.4 Å². The first-order valence-corrected chi connectivity index (χ1v) is 9.46. The summed E-state index contributed by atoms with van der Waals surface area (Å²) < 4.78 is 6.60. The zero-order valence-corrected chi connectivity index (χ0v) is 14.0. The first-order chi connectivity index (χ1) is 10.2. The lowest BCUT2D eigenvalue weighted by molar-refractivity contribution is -0.0999. The molecule has 116 valence electrons.